The van der Waals surface area contributed by atoms with E-state index in [9.17, 15) is 13.2 Å². The number of sulfone groups is 1. The molecule has 0 atom stereocenters. The first-order valence-corrected chi connectivity index (χ1v) is 8.11. The van der Waals surface area contributed by atoms with E-state index in [0.717, 1.165) is 0 Å². The quantitative estimate of drug-likeness (QED) is 0.819. The molecule has 2 aromatic heterocycles. The van der Waals surface area contributed by atoms with Gasteiger partial charge in [0.05, 0.1) is 17.6 Å². The first kappa shape index (κ1) is 15.1. The van der Waals surface area contributed by atoms with Gasteiger partial charge in [-0.3, -0.25) is 4.79 Å². The number of hydrogen-bond donors (Lipinski definition) is 1. The van der Waals surface area contributed by atoms with Gasteiger partial charge in [0.2, 0.25) is 5.91 Å². The number of pyridine rings is 1. The van der Waals surface area contributed by atoms with Crippen LogP contribution in [0.1, 0.15) is 12.6 Å². The predicted octanol–water partition coefficient (Wildman–Crippen LogP) is 0.246. The highest BCUT2D eigenvalue weighted by Crippen LogP contribution is 2.03. The zero-order valence-corrected chi connectivity index (χ0v) is 12.2. The molecule has 0 spiro atoms. The van der Waals surface area contributed by atoms with Crippen LogP contribution < -0.4 is 5.32 Å². The van der Waals surface area contributed by atoms with Crippen molar-refractivity contribution in [3.8, 4) is 0 Å². The summed E-state index contributed by atoms with van der Waals surface area (Å²) in [5, 5.41) is 10.1. The number of nitrogens with zero attached hydrogens (tertiary/aromatic N) is 4. The van der Waals surface area contributed by atoms with Crippen LogP contribution in [-0.2, 0) is 26.9 Å². The van der Waals surface area contributed by atoms with Gasteiger partial charge in [-0.15, -0.1) is 5.10 Å². The van der Waals surface area contributed by atoms with Crippen molar-refractivity contribution >= 4 is 21.6 Å². The van der Waals surface area contributed by atoms with E-state index in [4.69, 9.17) is 0 Å². The molecule has 0 radical (unpaired) electrons. The lowest BCUT2D eigenvalue weighted by molar-refractivity contribution is -0.116. The molecule has 112 valence electrons. The molecule has 0 aliphatic carbocycles. The second kappa shape index (κ2) is 6.44. The van der Waals surface area contributed by atoms with Crippen LogP contribution >= 0.6 is 0 Å². The second-order valence-corrected chi connectivity index (χ2v) is 6.70. The van der Waals surface area contributed by atoms with Gasteiger partial charge in [0.15, 0.2) is 9.84 Å². The standard InChI is InChI=1S/C12H15N5O3S/c1-2-21(19,20)9-10-7-17(16-15-10)8-12(18)14-11-5-3-4-6-13-11/h3-7H,2,8-9H2,1H3,(H,13,14,18). The van der Waals surface area contributed by atoms with E-state index in [2.05, 4.69) is 20.6 Å². The minimum atomic E-state index is -3.16. The summed E-state index contributed by atoms with van der Waals surface area (Å²) in [6.45, 7) is 1.51. The molecule has 0 saturated carbocycles. The van der Waals surface area contributed by atoms with E-state index in [-0.39, 0.29) is 24.0 Å². The van der Waals surface area contributed by atoms with E-state index >= 15 is 0 Å². The lowest BCUT2D eigenvalue weighted by Gasteiger charge is -2.03. The fourth-order valence-corrected chi connectivity index (χ4v) is 2.36. The SMILES string of the molecule is CCS(=O)(=O)Cc1cn(CC(=O)Nc2ccccn2)nn1. The van der Waals surface area contributed by atoms with Crippen molar-refractivity contribution in [3.05, 3.63) is 36.3 Å². The number of hydrogen-bond acceptors (Lipinski definition) is 6. The molecule has 2 heterocycles. The van der Waals surface area contributed by atoms with Gasteiger partial charge >= 0.3 is 0 Å². The Morgan fingerprint density at radius 2 is 2.19 bits per heavy atom. The Bertz CT molecular complexity index is 712. The summed E-state index contributed by atoms with van der Waals surface area (Å²) in [4.78, 5) is 15.7. The van der Waals surface area contributed by atoms with Gasteiger partial charge in [-0.05, 0) is 12.1 Å². The Morgan fingerprint density at radius 1 is 1.38 bits per heavy atom. The van der Waals surface area contributed by atoms with Crippen molar-refractivity contribution in [3.63, 3.8) is 0 Å². The van der Waals surface area contributed by atoms with Crippen LogP contribution in [0.5, 0.6) is 0 Å². The Morgan fingerprint density at radius 3 is 2.86 bits per heavy atom. The molecule has 0 bridgehead atoms. The summed E-state index contributed by atoms with van der Waals surface area (Å²) in [5.74, 6) is -0.00864. The smallest absolute Gasteiger partial charge is 0.247 e. The topological polar surface area (TPSA) is 107 Å². The average molecular weight is 309 g/mol. The minimum absolute atomic E-state index is 0.0417. The van der Waals surface area contributed by atoms with Crippen molar-refractivity contribution in [2.24, 2.45) is 0 Å². The normalized spacial score (nSPS) is 11.3. The Balaban J connectivity index is 1.95. The molecule has 2 rings (SSSR count). The number of carbonyl (C=O) groups excluding carboxylic acids is 1. The molecule has 0 aliphatic rings. The number of carbonyl (C=O) groups is 1. The van der Waals surface area contributed by atoms with Crippen molar-refractivity contribution in [2.45, 2.75) is 19.2 Å². The highest BCUT2D eigenvalue weighted by molar-refractivity contribution is 7.90. The van der Waals surface area contributed by atoms with Crippen molar-refractivity contribution < 1.29 is 13.2 Å². The maximum Gasteiger partial charge on any atom is 0.247 e. The van der Waals surface area contributed by atoms with Gasteiger partial charge in [-0.2, -0.15) is 0 Å². The van der Waals surface area contributed by atoms with Gasteiger partial charge in [-0.25, -0.2) is 18.1 Å². The van der Waals surface area contributed by atoms with Crippen LogP contribution in [0, 0.1) is 0 Å². The molecule has 21 heavy (non-hydrogen) atoms. The Kier molecular flexibility index (Phi) is 4.63. The molecule has 8 nitrogen and oxygen atoms in total. The average Bonchev–Trinajstić information content (AvgIpc) is 2.86. The lowest BCUT2D eigenvalue weighted by atomic mass is 10.4. The van der Waals surface area contributed by atoms with E-state index in [1.807, 2.05) is 0 Å². The van der Waals surface area contributed by atoms with Crippen LogP contribution in [-0.4, -0.2) is 40.1 Å². The number of amides is 1. The summed E-state index contributed by atoms with van der Waals surface area (Å²) in [5.41, 5.74) is 0.322. The highest BCUT2D eigenvalue weighted by Gasteiger charge is 2.13. The van der Waals surface area contributed by atoms with Crippen molar-refractivity contribution in [2.75, 3.05) is 11.1 Å². The first-order chi connectivity index (χ1) is 9.98. The number of nitrogens with one attached hydrogen (secondary N) is 1. The second-order valence-electron chi connectivity index (χ2n) is 4.35. The third-order valence-corrected chi connectivity index (χ3v) is 4.25. The summed E-state index contributed by atoms with van der Waals surface area (Å²) in [6.07, 6.45) is 3.02. The highest BCUT2D eigenvalue weighted by atomic mass is 32.2. The van der Waals surface area contributed by atoms with Crippen LogP contribution in [0.25, 0.3) is 0 Å². The third-order valence-electron chi connectivity index (χ3n) is 2.63. The van der Waals surface area contributed by atoms with Gasteiger partial charge in [0.25, 0.3) is 0 Å². The van der Waals surface area contributed by atoms with Gasteiger partial charge < -0.3 is 5.32 Å². The molecule has 1 amide bonds. The number of aromatic nitrogens is 4. The van der Waals surface area contributed by atoms with Crippen LogP contribution in [0.3, 0.4) is 0 Å². The lowest BCUT2D eigenvalue weighted by Crippen LogP contribution is -2.19. The Labute approximate surface area is 122 Å². The summed E-state index contributed by atoms with van der Waals surface area (Å²) >= 11 is 0. The Hall–Kier alpha value is -2.29. The molecule has 0 aliphatic heterocycles. The molecule has 1 N–H and O–H groups in total. The number of anilines is 1. The van der Waals surface area contributed by atoms with E-state index in [1.54, 1.807) is 31.3 Å². The maximum absolute atomic E-state index is 11.8. The first-order valence-electron chi connectivity index (χ1n) is 6.29. The summed E-state index contributed by atoms with van der Waals surface area (Å²) in [7, 11) is -3.16. The molecule has 2 aromatic rings. The minimum Gasteiger partial charge on any atom is -0.309 e. The zero-order chi connectivity index (χ0) is 15.3. The largest absolute Gasteiger partial charge is 0.309 e. The monoisotopic (exact) mass is 309 g/mol. The molecular formula is C12H15N5O3S. The number of rotatable bonds is 6. The van der Waals surface area contributed by atoms with Gasteiger partial charge in [0.1, 0.15) is 12.4 Å². The van der Waals surface area contributed by atoms with Crippen LogP contribution in [0.4, 0.5) is 5.82 Å². The van der Waals surface area contributed by atoms with E-state index in [1.165, 1.54) is 10.9 Å². The molecule has 0 fully saturated rings. The van der Waals surface area contributed by atoms with E-state index < -0.39 is 9.84 Å². The van der Waals surface area contributed by atoms with E-state index in [0.29, 0.717) is 11.5 Å². The maximum atomic E-state index is 11.8. The molecule has 0 saturated heterocycles. The summed E-state index contributed by atoms with van der Waals surface area (Å²) in [6, 6.07) is 5.16. The fourth-order valence-electron chi connectivity index (χ4n) is 1.58. The molecule has 9 heteroatoms. The third kappa shape index (κ3) is 4.63. The molecular weight excluding hydrogens is 294 g/mol. The van der Waals surface area contributed by atoms with Crippen molar-refractivity contribution in [1.82, 2.24) is 20.0 Å². The van der Waals surface area contributed by atoms with Crippen molar-refractivity contribution in [1.29, 1.82) is 0 Å². The molecule has 0 unspecified atom stereocenters. The zero-order valence-electron chi connectivity index (χ0n) is 11.4. The predicted molar refractivity (Wildman–Crippen MR) is 76.1 cm³/mol. The van der Waals surface area contributed by atoms with Gasteiger partial charge in [-0.1, -0.05) is 18.2 Å². The fraction of sp³-hybridized carbons (Fsp3) is 0.333. The molecule has 0 aromatic carbocycles. The van der Waals surface area contributed by atoms with Crippen LogP contribution in [0.2, 0.25) is 0 Å². The van der Waals surface area contributed by atoms with Crippen LogP contribution in [0.15, 0.2) is 30.6 Å². The van der Waals surface area contributed by atoms with Gasteiger partial charge in [0, 0.05) is 11.9 Å². The summed E-state index contributed by atoms with van der Waals surface area (Å²) < 4.78 is 24.2.